The Balaban J connectivity index is 1.92. The van der Waals surface area contributed by atoms with Gasteiger partial charge in [0.25, 0.3) is 0 Å². The molecule has 1 aromatic rings. The number of carbonyl (C=O) groups is 4. The van der Waals surface area contributed by atoms with E-state index in [9.17, 15) is 24.3 Å². The van der Waals surface area contributed by atoms with Crippen LogP contribution in [-0.2, 0) is 20.9 Å². The number of benzene rings is 1. The summed E-state index contributed by atoms with van der Waals surface area (Å²) in [5.41, 5.74) is 0.906. The summed E-state index contributed by atoms with van der Waals surface area (Å²) in [5, 5.41) is 15.0. The van der Waals surface area contributed by atoms with Crippen LogP contribution >= 0.6 is 0 Å². The van der Waals surface area contributed by atoms with Crippen molar-refractivity contribution in [3.05, 3.63) is 35.9 Å². The van der Waals surface area contributed by atoms with Crippen molar-refractivity contribution in [2.45, 2.75) is 45.4 Å². The lowest BCUT2D eigenvalue weighted by molar-refractivity contribution is -0.190. The highest BCUT2D eigenvalue weighted by Gasteiger charge is 2.51. The summed E-state index contributed by atoms with van der Waals surface area (Å²) in [5.74, 6) is 0.929. The quantitative estimate of drug-likeness (QED) is 0.548. The van der Waals surface area contributed by atoms with Gasteiger partial charge in [-0.15, -0.1) is 6.42 Å². The van der Waals surface area contributed by atoms with E-state index in [1.165, 1.54) is 14.9 Å². The minimum atomic E-state index is -1.05. The zero-order valence-corrected chi connectivity index (χ0v) is 19.5. The highest BCUT2D eigenvalue weighted by Crippen LogP contribution is 2.29. The van der Waals surface area contributed by atoms with Crippen molar-refractivity contribution >= 4 is 23.8 Å². The summed E-state index contributed by atoms with van der Waals surface area (Å²) >= 11 is 0. The van der Waals surface area contributed by atoms with E-state index in [-0.39, 0.29) is 56.8 Å². The van der Waals surface area contributed by atoms with Crippen LogP contribution in [0.15, 0.2) is 30.3 Å². The number of amides is 4. The van der Waals surface area contributed by atoms with Crippen LogP contribution in [-0.4, -0.2) is 87.1 Å². The molecule has 0 bridgehead atoms. The first-order chi connectivity index (χ1) is 16.2. The number of piperazine rings is 1. The molecule has 34 heavy (non-hydrogen) atoms. The van der Waals surface area contributed by atoms with E-state index in [4.69, 9.17) is 6.42 Å². The maximum Gasteiger partial charge on any atom is 0.334 e. The number of carboxylic acids is 1. The minimum absolute atomic E-state index is 0.0282. The zero-order chi connectivity index (χ0) is 24.8. The molecule has 2 aliphatic heterocycles. The average molecular weight is 470 g/mol. The first kappa shape index (κ1) is 25.1. The second-order valence-electron chi connectivity index (χ2n) is 8.88. The minimum Gasteiger partial charge on any atom is -0.481 e. The van der Waals surface area contributed by atoms with Crippen molar-refractivity contribution in [3.63, 3.8) is 0 Å². The smallest absolute Gasteiger partial charge is 0.334 e. The summed E-state index contributed by atoms with van der Waals surface area (Å²) in [7, 11) is 0. The Morgan fingerprint density at radius 2 is 1.94 bits per heavy atom. The molecule has 2 atom stereocenters. The monoisotopic (exact) mass is 469 g/mol. The summed E-state index contributed by atoms with van der Waals surface area (Å²) in [4.78, 5) is 54.0. The highest BCUT2D eigenvalue weighted by atomic mass is 16.4. The summed E-state index contributed by atoms with van der Waals surface area (Å²) < 4.78 is 0. The molecule has 0 aromatic heterocycles. The number of fused-ring (bicyclic) bond motifs is 1. The van der Waals surface area contributed by atoms with Gasteiger partial charge in [0.05, 0.1) is 19.6 Å². The van der Waals surface area contributed by atoms with Crippen molar-refractivity contribution in [2.24, 2.45) is 5.92 Å². The van der Waals surface area contributed by atoms with Crippen LogP contribution in [0.5, 0.6) is 0 Å². The lowest BCUT2D eigenvalue weighted by Gasteiger charge is -2.55. The largest absolute Gasteiger partial charge is 0.481 e. The fourth-order valence-corrected chi connectivity index (χ4v) is 4.43. The standard InChI is InChI=1S/C24H31N5O5/c1-4-12-27-16-21(30)28-19(10-11-22(31)32)23(33)26(14-17(2)3)15-20(28)29(27)24(34)25-13-18-8-6-5-7-9-18/h1,5-9,17,19-20H,10-16H2,2-3H3,(H,25,34)(H,31,32)/t19-,20-/m0/s1. The van der Waals surface area contributed by atoms with Gasteiger partial charge in [0.15, 0.2) is 0 Å². The molecule has 0 radical (unpaired) electrons. The summed E-state index contributed by atoms with van der Waals surface area (Å²) in [6.45, 7) is 4.60. The van der Waals surface area contributed by atoms with Crippen molar-refractivity contribution in [1.82, 2.24) is 25.1 Å². The molecule has 2 fully saturated rings. The van der Waals surface area contributed by atoms with Crippen LogP contribution < -0.4 is 5.32 Å². The van der Waals surface area contributed by atoms with E-state index in [0.29, 0.717) is 6.54 Å². The lowest BCUT2D eigenvalue weighted by atomic mass is 10.0. The summed E-state index contributed by atoms with van der Waals surface area (Å²) in [6.07, 6.45) is 4.43. The Morgan fingerprint density at radius 1 is 1.24 bits per heavy atom. The van der Waals surface area contributed by atoms with E-state index in [1.807, 2.05) is 44.2 Å². The van der Waals surface area contributed by atoms with Gasteiger partial charge in [-0.3, -0.25) is 14.4 Å². The van der Waals surface area contributed by atoms with Crippen LogP contribution in [0.4, 0.5) is 4.79 Å². The van der Waals surface area contributed by atoms with Gasteiger partial charge in [-0.05, 0) is 17.9 Å². The second-order valence-corrected chi connectivity index (χ2v) is 8.88. The number of hydrogen-bond donors (Lipinski definition) is 2. The number of aliphatic carboxylic acids is 1. The van der Waals surface area contributed by atoms with Gasteiger partial charge in [0.2, 0.25) is 11.8 Å². The van der Waals surface area contributed by atoms with Crippen molar-refractivity contribution in [3.8, 4) is 12.3 Å². The first-order valence-electron chi connectivity index (χ1n) is 11.3. The van der Waals surface area contributed by atoms with E-state index in [1.54, 1.807) is 4.90 Å². The number of carboxylic acid groups (broad SMARTS) is 1. The Kier molecular flexibility index (Phi) is 8.12. The Morgan fingerprint density at radius 3 is 2.56 bits per heavy atom. The number of terminal acetylenes is 1. The molecule has 2 aliphatic rings. The molecule has 2 N–H and O–H groups in total. The third kappa shape index (κ3) is 5.66. The fourth-order valence-electron chi connectivity index (χ4n) is 4.43. The normalized spacial score (nSPS) is 20.8. The average Bonchev–Trinajstić information content (AvgIpc) is 2.78. The van der Waals surface area contributed by atoms with Gasteiger partial charge in [-0.1, -0.05) is 50.1 Å². The number of nitrogens with zero attached hydrogens (tertiary/aromatic N) is 4. The molecular formula is C24H31N5O5. The van der Waals surface area contributed by atoms with Gasteiger partial charge >= 0.3 is 12.0 Å². The predicted octanol–water partition coefficient (Wildman–Crippen LogP) is 0.948. The van der Waals surface area contributed by atoms with Crippen LogP contribution in [0.25, 0.3) is 0 Å². The second kappa shape index (κ2) is 11.0. The molecule has 182 valence electrons. The fraction of sp³-hybridized carbons (Fsp3) is 0.500. The Labute approximate surface area is 199 Å². The molecule has 10 nitrogen and oxygen atoms in total. The van der Waals surface area contributed by atoms with E-state index in [2.05, 4.69) is 11.2 Å². The van der Waals surface area contributed by atoms with Crippen LogP contribution in [0.1, 0.15) is 32.3 Å². The number of hydrogen-bond acceptors (Lipinski definition) is 5. The molecule has 3 rings (SSSR count). The topological polar surface area (TPSA) is 114 Å². The number of carbonyl (C=O) groups excluding carboxylic acids is 3. The maximum absolute atomic E-state index is 13.4. The van der Waals surface area contributed by atoms with Gasteiger partial charge in [-0.2, -0.15) is 5.01 Å². The van der Waals surface area contributed by atoms with E-state index >= 15 is 0 Å². The predicted molar refractivity (Wildman–Crippen MR) is 124 cm³/mol. The first-order valence-corrected chi connectivity index (χ1v) is 11.3. The molecule has 4 amide bonds. The SMILES string of the molecule is C#CCN1CC(=O)N2[C@@H](CCC(=O)O)C(=O)N(CC(C)C)C[C@@H]2N1C(=O)NCc1ccccc1. The zero-order valence-electron chi connectivity index (χ0n) is 19.5. The molecular weight excluding hydrogens is 438 g/mol. The highest BCUT2D eigenvalue weighted by molar-refractivity contribution is 5.91. The molecule has 0 unspecified atom stereocenters. The van der Waals surface area contributed by atoms with Crippen LogP contribution in [0.3, 0.4) is 0 Å². The third-order valence-corrected chi connectivity index (χ3v) is 5.82. The van der Waals surface area contributed by atoms with Gasteiger partial charge in [-0.25, -0.2) is 9.80 Å². The summed E-state index contributed by atoms with van der Waals surface area (Å²) in [6, 6.07) is 7.99. The van der Waals surface area contributed by atoms with Crippen molar-refractivity contribution in [2.75, 3.05) is 26.2 Å². The molecule has 1 aromatic carbocycles. The molecule has 0 spiro atoms. The lowest BCUT2D eigenvalue weighted by Crippen LogP contribution is -2.76. The molecule has 10 heteroatoms. The van der Waals surface area contributed by atoms with Crippen LogP contribution in [0, 0.1) is 18.3 Å². The Hall–Kier alpha value is -3.58. The molecule has 2 saturated heterocycles. The van der Waals surface area contributed by atoms with Crippen molar-refractivity contribution < 1.29 is 24.3 Å². The van der Waals surface area contributed by atoms with Crippen molar-refractivity contribution in [1.29, 1.82) is 0 Å². The van der Waals surface area contributed by atoms with Gasteiger partial charge < -0.3 is 20.2 Å². The van der Waals surface area contributed by atoms with Crippen LogP contribution in [0.2, 0.25) is 0 Å². The number of rotatable bonds is 8. The van der Waals surface area contributed by atoms with Gasteiger partial charge in [0, 0.05) is 19.5 Å². The number of nitrogens with one attached hydrogen (secondary N) is 1. The van der Waals surface area contributed by atoms with E-state index in [0.717, 1.165) is 5.56 Å². The molecule has 0 saturated carbocycles. The van der Waals surface area contributed by atoms with Gasteiger partial charge in [0.1, 0.15) is 12.2 Å². The molecule has 0 aliphatic carbocycles. The van der Waals surface area contributed by atoms with E-state index < -0.39 is 24.2 Å². The Bertz CT molecular complexity index is 960. The number of hydrazine groups is 1. The maximum atomic E-state index is 13.4. The number of urea groups is 1. The molecule has 2 heterocycles. The third-order valence-electron chi connectivity index (χ3n) is 5.82.